The van der Waals surface area contributed by atoms with Crippen LogP contribution in [0.15, 0.2) is 35.4 Å². The first-order chi connectivity index (χ1) is 10.1. The Morgan fingerprint density at radius 3 is 2.81 bits per heavy atom. The number of aryl methyl sites for hydroxylation is 1. The number of benzene rings is 1. The highest BCUT2D eigenvalue weighted by molar-refractivity contribution is 5.96. The first-order valence-electron chi connectivity index (χ1n) is 7.77. The Hall–Kier alpha value is -1.83. The Morgan fingerprint density at radius 1 is 1.14 bits per heavy atom. The number of fused-ring (bicyclic) bond motifs is 4. The number of hydrogen-bond donors (Lipinski definition) is 0. The van der Waals surface area contributed by atoms with Gasteiger partial charge in [-0.15, -0.1) is 0 Å². The summed E-state index contributed by atoms with van der Waals surface area (Å²) < 4.78 is 5.34. The normalized spacial score (nSPS) is 27.0. The van der Waals surface area contributed by atoms with Crippen molar-refractivity contribution in [1.29, 1.82) is 0 Å². The number of allylic oxidation sites excluding steroid dienone is 4. The average Bonchev–Trinajstić information content (AvgIpc) is 2.82. The molecule has 1 atom stereocenters. The molecule has 2 heteroatoms. The molecule has 0 N–H and O–H groups in total. The van der Waals surface area contributed by atoms with Gasteiger partial charge in [0, 0.05) is 6.42 Å². The third kappa shape index (κ3) is 1.68. The fourth-order valence-electron chi connectivity index (χ4n) is 4.26. The maximum Gasteiger partial charge on any atom is 0.146 e. The lowest BCUT2D eigenvalue weighted by molar-refractivity contribution is -0.124. The van der Waals surface area contributed by atoms with Gasteiger partial charge in [0.25, 0.3) is 0 Å². The second-order valence-electron chi connectivity index (χ2n) is 6.56. The van der Waals surface area contributed by atoms with Crippen LogP contribution in [0.5, 0.6) is 5.75 Å². The van der Waals surface area contributed by atoms with E-state index in [9.17, 15) is 4.79 Å². The van der Waals surface area contributed by atoms with Crippen molar-refractivity contribution < 1.29 is 9.53 Å². The lowest BCUT2D eigenvalue weighted by Crippen LogP contribution is -2.30. The third-order valence-electron chi connectivity index (χ3n) is 5.55. The zero-order chi connectivity index (χ0) is 14.6. The molecule has 0 amide bonds. The molecular weight excluding hydrogens is 260 g/mol. The number of Topliss-reactive ketones (excluding diaryl/α,β-unsaturated/α-hetero) is 1. The van der Waals surface area contributed by atoms with E-state index in [-0.39, 0.29) is 5.41 Å². The molecule has 0 heterocycles. The minimum atomic E-state index is -0.206. The van der Waals surface area contributed by atoms with E-state index in [0.29, 0.717) is 12.2 Å². The number of ether oxygens (including phenoxy) is 1. The van der Waals surface area contributed by atoms with E-state index in [1.54, 1.807) is 7.11 Å². The van der Waals surface area contributed by atoms with Crippen molar-refractivity contribution in [1.82, 2.24) is 0 Å². The first-order valence-corrected chi connectivity index (χ1v) is 7.77. The second kappa shape index (κ2) is 4.33. The molecule has 0 bridgehead atoms. The van der Waals surface area contributed by atoms with Crippen LogP contribution < -0.4 is 4.74 Å². The van der Waals surface area contributed by atoms with Crippen molar-refractivity contribution in [3.8, 4) is 5.75 Å². The van der Waals surface area contributed by atoms with Crippen LogP contribution in [0, 0.1) is 5.41 Å². The van der Waals surface area contributed by atoms with Gasteiger partial charge in [-0.25, -0.2) is 0 Å². The zero-order valence-corrected chi connectivity index (χ0v) is 12.7. The molecule has 2 nitrogen and oxygen atoms in total. The summed E-state index contributed by atoms with van der Waals surface area (Å²) >= 11 is 0. The highest BCUT2D eigenvalue weighted by Gasteiger charge is 2.45. The molecule has 1 aromatic carbocycles. The molecular formula is C19H20O2. The highest BCUT2D eigenvalue weighted by Crippen LogP contribution is 2.53. The fourth-order valence-corrected chi connectivity index (χ4v) is 4.26. The second-order valence-corrected chi connectivity index (χ2v) is 6.56. The topological polar surface area (TPSA) is 26.3 Å². The monoisotopic (exact) mass is 280 g/mol. The van der Waals surface area contributed by atoms with Crippen molar-refractivity contribution >= 4 is 11.4 Å². The predicted octanol–water partition coefficient (Wildman–Crippen LogP) is 4.09. The molecule has 3 aliphatic carbocycles. The van der Waals surface area contributed by atoms with Crippen LogP contribution in [-0.4, -0.2) is 12.9 Å². The molecule has 0 aromatic heterocycles. The molecule has 0 fully saturated rings. The van der Waals surface area contributed by atoms with Gasteiger partial charge in [0.05, 0.1) is 12.5 Å². The van der Waals surface area contributed by atoms with E-state index in [0.717, 1.165) is 31.4 Å². The fraction of sp³-hybridized carbons (Fsp3) is 0.421. The Morgan fingerprint density at radius 2 is 2.00 bits per heavy atom. The molecule has 3 aliphatic rings. The molecule has 0 saturated heterocycles. The number of carbonyl (C=O) groups is 1. The summed E-state index contributed by atoms with van der Waals surface area (Å²) in [5.41, 5.74) is 6.81. The van der Waals surface area contributed by atoms with Crippen molar-refractivity contribution in [2.75, 3.05) is 7.11 Å². The van der Waals surface area contributed by atoms with Crippen LogP contribution in [0.25, 0.3) is 5.57 Å². The molecule has 0 radical (unpaired) electrons. The summed E-state index contributed by atoms with van der Waals surface area (Å²) in [6.45, 7) is 2.14. The summed E-state index contributed by atoms with van der Waals surface area (Å²) in [4.78, 5) is 12.2. The summed E-state index contributed by atoms with van der Waals surface area (Å²) in [6.07, 6.45) is 6.90. The van der Waals surface area contributed by atoms with E-state index < -0.39 is 0 Å². The van der Waals surface area contributed by atoms with E-state index >= 15 is 0 Å². The Bertz CT molecular complexity index is 708. The molecule has 0 aliphatic heterocycles. The van der Waals surface area contributed by atoms with Gasteiger partial charge >= 0.3 is 0 Å². The van der Waals surface area contributed by atoms with Crippen LogP contribution in [0.2, 0.25) is 0 Å². The van der Waals surface area contributed by atoms with E-state index in [1.165, 1.54) is 27.8 Å². The number of hydrogen-bond acceptors (Lipinski definition) is 2. The van der Waals surface area contributed by atoms with Gasteiger partial charge < -0.3 is 4.74 Å². The lowest BCUT2D eigenvalue weighted by atomic mass is 9.65. The SMILES string of the molecule is COc1ccc2c(c1)CCC1=C2CC[C@]2(C)C(=O)CC=C12. The number of methoxy groups -OCH3 is 1. The molecule has 108 valence electrons. The van der Waals surface area contributed by atoms with Gasteiger partial charge in [0.1, 0.15) is 11.5 Å². The van der Waals surface area contributed by atoms with Crippen molar-refractivity contribution in [3.05, 3.63) is 46.5 Å². The van der Waals surface area contributed by atoms with E-state index in [2.05, 4.69) is 31.2 Å². The molecule has 21 heavy (non-hydrogen) atoms. The van der Waals surface area contributed by atoms with Crippen molar-refractivity contribution in [2.45, 2.75) is 39.0 Å². The highest BCUT2D eigenvalue weighted by atomic mass is 16.5. The average molecular weight is 280 g/mol. The Kier molecular flexibility index (Phi) is 2.66. The third-order valence-corrected chi connectivity index (χ3v) is 5.55. The van der Waals surface area contributed by atoms with Gasteiger partial charge in [0.15, 0.2) is 0 Å². The van der Waals surface area contributed by atoms with Crippen LogP contribution in [0.4, 0.5) is 0 Å². The van der Waals surface area contributed by atoms with Crippen LogP contribution in [-0.2, 0) is 11.2 Å². The zero-order valence-electron chi connectivity index (χ0n) is 12.7. The molecule has 1 aromatic rings. The Labute approximate surface area is 125 Å². The predicted molar refractivity (Wildman–Crippen MR) is 83.3 cm³/mol. The first kappa shape index (κ1) is 12.9. The van der Waals surface area contributed by atoms with Gasteiger partial charge in [-0.1, -0.05) is 12.1 Å². The molecule has 0 saturated carbocycles. The van der Waals surface area contributed by atoms with Crippen LogP contribution >= 0.6 is 0 Å². The number of ketones is 1. The van der Waals surface area contributed by atoms with Gasteiger partial charge in [-0.05, 0) is 72.6 Å². The molecule has 0 unspecified atom stereocenters. The smallest absolute Gasteiger partial charge is 0.146 e. The summed E-state index contributed by atoms with van der Waals surface area (Å²) in [7, 11) is 1.72. The van der Waals surface area contributed by atoms with E-state index in [4.69, 9.17) is 4.74 Å². The summed E-state index contributed by atoms with van der Waals surface area (Å²) in [5, 5.41) is 0. The van der Waals surface area contributed by atoms with Crippen LogP contribution in [0.1, 0.15) is 43.7 Å². The van der Waals surface area contributed by atoms with Crippen molar-refractivity contribution in [2.24, 2.45) is 5.41 Å². The quantitative estimate of drug-likeness (QED) is 0.774. The largest absolute Gasteiger partial charge is 0.497 e. The van der Waals surface area contributed by atoms with Crippen LogP contribution in [0.3, 0.4) is 0 Å². The Balaban J connectivity index is 1.85. The van der Waals surface area contributed by atoms with Gasteiger partial charge in [-0.3, -0.25) is 4.79 Å². The minimum absolute atomic E-state index is 0.206. The standard InChI is InChI=1S/C19H20O2/c1-19-10-9-15-14-6-4-13(21-2)11-12(14)3-5-16(15)17(19)7-8-18(19)20/h4,6-7,11H,3,5,8-10H2,1-2H3/t19-/m0/s1. The van der Waals surface area contributed by atoms with Gasteiger partial charge in [0.2, 0.25) is 0 Å². The van der Waals surface area contributed by atoms with Crippen molar-refractivity contribution in [3.63, 3.8) is 0 Å². The maximum atomic E-state index is 12.2. The maximum absolute atomic E-state index is 12.2. The van der Waals surface area contributed by atoms with Gasteiger partial charge in [-0.2, -0.15) is 0 Å². The van der Waals surface area contributed by atoms with E-state index in [1.807, 2.05) is 0 Å². The number of carbonyl (C=O) groups excluding carboxylic acids is 1. The minimum Gasteiger partial charge on any atom is -0.497 e. The molecule has 4 rings (SSSR count). The summed E-state index contributed by atoms with van der Waals surface area (Å²) in [6, 6.07) is 6.42. The lowest BCUT2D eigenvalue weighted by Gasteiger charge is -2.37. The summed E-state index contributed by atoms with van der Waals surface area (Å²) in [5.74, 6) is 1.35. The number of rotatable bonds is 1. The molecule has 0 spiro atoms.